The predicted molar refractivity (Wildman–Crippen MR) is 80.5 cm³/mol. The Morgan fingerprint density at radius 1 is 1.14 bits per heavy atom. The van der Waals surface area contributed by atoms with Gasteiger partial charge in [0.2, 0.25) is 0 Å². The molecule has 108 valence electrons. The Kier molecular flexibility index (Phi) is 3.37. The minimum Gasteiger partial charge on any atom is -0.396 e. The standard InChI is InChI=1S/C17H17FN2O/c18-14-8-4-7-13(15(14)19)16(21)20-11-17(9-10-17)12-5-2-1-3-6-12/h1-8H,9-11,19H2,(H,20,21). The number of benzene rings is 2. The fourth-order valence-corrected chi connectivity index (χ4v) is 2.59. The molecule has 4 heteroatoms. The van der Waals surface area contributed by atoms with Gasteiger partial charge in [-0.05, 0) is 30.5 Å². The third-order valence-corrected chi connectivity index (χ3v) is 4.12. The predicted octanol–water partition coefficient (Wildman–Crippen LogP) is 2.87. The average molecular weight is 284 g/mol. The third-order valence-electron chi connectivity index (χ3n) is 4.12. The summed E-state index contributed by atoms with van der Waals surface area (Å²) in [6.07, 6.45) is 2.10. The summed E-state index contributed by atoms with van der Waals surface area (Å²) in [5, 5.41) is 2.88. The summed E-state index contributed by atoms with van der Waals surface area (Å²) in [4.78, 5) is 12.2. The summed E-state index contributed by atoms with van der Waals surface area (Å²) in [6.45, 7) is 0.547. The van der Waals surface area contributed by atoms with Crippen LogP contribution in [-0.2, 0) is 5.41 Å². The number of carbonyl (C=O) groups is 1. The van der Waals surface area contributed by atoms with Crippen LogP contribution in [-0.4, -0.2) is 12.5 Å². The van der Waals surface area contributed by atoms with Crippen LogP contribution < -0.4 is 11.1 Å². The summed E-state index contributed by atoms with van der Waals surface area (Å²) in [6, 6.07) is 14.4. The molecular formula is C17H17FN2O. The molecule has 1 fully saturated rings. The van der Waals surface area contributed by atoms with E-state index in [4.69, 9.17) is 5.73 Å². The summed E-state index contributed by atoms with van der Waals surface area (Å²) in [5.74, 6) is -0.888. The average Bonchev–Trinajstić information content (AvgIpc) is 3.30. The second-order valence-electron chi connectivity index (χ2n) is 5.53. The Balaban J connectivity index is 1.71. The van der Waals surface area contributed by atoms with Gasteiger partial charge >= 0.3 is 0 Å². The number of para-hydroxylation sites is 1. The highest BCUT2D eigenvalue weighted by Crippen LogP contribution is 2.47. The number of amides is 1. The van der Waals surface area contributed by atoms with Crippen molar-refractivity contribution in [2.24, 2.45) is 0 Å². The van der Waals surface area contributed by atoms with Gasteiger partial charge in [-0.2, -0.15) is 0 Å². The fraction of sp³-hybridized carbons (Fsp3) is 0.235. The first-order valence-electron chi connectivity index (χ1n) is 7.00. The van der Waals surface area contributed by atoms with Gasteiger partial charge in [-0.3, -0.25) is 4.79 Å². The molecule has 0 atom stereocenters. The first-order chi connectivity index (χ1) is 10.1. The number of rotatable bonds is 4. The van der Waals surface area contributed by atoms with Gasteiger partial charge in [-0.1, -0.05) is 36.4 Å². The first-order valence-corrected chi connectivity index (χ1v) is 7.00. The molecule has 0 radical (unpaired) electrons. The molecule has 0 saturated heterocycles. The fourth-order valence-electron chi connectivity index (χ4n) is 2.59. The van der Waals surface area contributed by atoms with E-state index >= 15 is 0 Å². The van der Waals surface area contributed by atoms with E-state index in [0.717, 1.165) is 12.8 Å². The molecule has 1 saturated carbocycles. The van der Waals surface area contributed by atoms with Gasteiger partial charge in [0.15, 0.2) is 0 Å². The van der Waals surface area contributed by atoms with Crippen LogP contribution in [0.15, 0.2) is 48.5 Å². The number of hydrogen-bond acceptors (Lipinski definition) is 2. The molecule has 0 heterocycles. The molecule has 21 heavy (non-hydrogen) atoms. The molecule has 0 aromatic heterocycles. The van der Waals surface area contributed by atoms with Gasteiger partial charge < -0.3 is 11.1 Å². The van der Waals surface area contributed by atoms with E-state index in [9.17, 15) is 9.18 Å². The number of anilines is 1. The molecule has 1 amide bonds. The van der Waals surface area contributed by atoms with Gasteiger partial charge in [0.25, 0.3) is 5.91 Å². The van der Waals surface area contributed by atoms with Crippen LogP contribution >= 0.6 is 0 Å². The second kappa shape index (κ2) is 5.20. The quantitative estimate of drug-likeness (QED) is 0.848. The highest BCUT2D eigenvalue weighted by molar-refractivity contribution is 5.99. The van der Waals surface area contributed by atoms with E-state index < -0.39 is 5.82 Å². The van der Waals surface area contributed by atoms with Crippen molar-refractivity contribution in [3.8, 4) is 0 Å². The summed E-state index contributed by atoms with van der Waals surface area (Å²) >= 11 is 0. The largest absolute Gasteiger partial charge is 0.396 e. The zero-order chi connectivity index (χ0) is 14.9. The van der Waals surface area contributed by atoms with Crippen LogP contribution in [0.1, 0.15) is 28.8 Å². The molecule has 0 bridgehead atoms. The van der Waals surface area contributed by atoms with Crippen molar-refractivity contribution in [1.29, 1.82) is 0 Å². The number of nitrogen functional groups attached to an aromatic ring is 1. The topological polar surface area (TPSA) is 55.1 Å². The van der Waals surface area contributed by atoms with Crippen molar-refractivity contribution in [3.05, 3.63) is 65.5 Å². The Morgan fingerprint density at radius 2 is 1.86 bits per heavy atom. The van der Waals surface area contributed by atoms with Crippen LogP contribution in [0.4, 0.5) is 10.1 Å². The normalized spacial score (nSPS) is 15.5. The Morgan fingerprint density at radius 3 is 2.52 bits per heavy atom. The molecule has 1 aliphatic carbocycles. The van der Waals surface area contributed by atoms with E-state index in [2.05, 4.69) is 17.4 Å². The van der Waals surface area contributed by atoms with Gasteiger partial charge in [-0.25, -0.2) is 4.39 Å². The molecule has 3 N–H and O–H groups in total. The maximum absolute atomic E-state index is 13.4. The van der Waals surface area contributed by atoms with E-state index in [-0.39, 0.29) is 22.6 Å². The van der Waals surface area contributed by atoms with E-state index in [0.29, 0.717) is 6.54 Å². The number of hydrogen-bond donors (Lipinski definition) is 2. The summed E-state index contributed by atoms with van der Waals surface area (Å²) < 4.78 is 13.4. The molecule has 0 unspecified atom stereocenters. The van der Waals surface area contributed by atoms with Crippen molar-refractivity contribution in [1.82, 2.24) is 5.32 Å². The zero-order valence-electron chi connectivity index (χ0n) is 11.6. The van der Waals surface area contributed by atoms with Crippen LogP contribution in [0, 0.1) is 5.82 Å². The molecule has 0 spiro atoms. The minimum absolute atomic E-state index is 0.0268. The second-order valence-corrected chi connectivity index (χ2v) is 5.53. The van der Waals surface area contributed by atoms with Crippen molar-refractivity contribution >= 4 is 11.6 Å². The molecule has 2 aromatic rings. The minimum atomic E-state index is -0.563. The maximum Gasteiger partial charge on any atom is 0.253 e. The lowest BCUT2D eigenvalue weighted by atomic mass is 9.96. The molecule has 1 aliphatic rings. The molecule has 3 nitrogen and oxygen atoms in total. The van der Waals surface area contributed by atoms with Crippen molar-refractivity contribution in [2.75, 3.05) is 12.3 Å². The smallest absolute Gasteiger partial charge is 0.253 e. The number of nitrogens with one attached hydrogen (secondary N) is 1. The van der Waals surface area contributed by atoms with Crippen LogP contribution in [0.3, 0.4) is 0 Å². The number of nitrogens with two attached hydrogens (primary N) is 1. The van der Waals surface area contributed by atoms with Crippen LogP contribution in [0.25, 0.3) is 0 Å². The van der Waals surface area contributed by atoms with Gasteiger partial charge in [0, 0.05) is 12.0 Å². The van der Waals surface area contributed by atoms with Gasteiger partial charge in [0.05, 0.1) is 11.3 Å². The Bertz CT molecular complexity index is 666. The summed E-state index contributed by atoms with van der Waals surface area (Å²) in [7, 11) is 0. The SMILES string of the molecule is Nc1c(F)cccc1C(=O)NCC1(c2ccccc2)CC1. The Hall–Kier alpha value is -2.36. The Labute approximate surface area is 123 Å². The van der Waals surface area contributed by atoms with Gasteiger partial charge in [0.1, 0.15) is 5.82 Å². The zero-order valence-corrected chi connectivity index (χ0v) is 11.6. The van der Waals surface area contributed by atoms with Crippen molar-refractivity contribution in [2.45, 2.75) is 18.3 Å². The lowest BCUT2D eigenvalue weighted by Gasteiger charge is -2.17. The summed E-state index contributed by atoms with van der Waals surface area (Å²) in [5.41, 5.74) is 6.97. The lowest BCUT2D eigenvalue weighted by molar-refractivity contribution is 0.0950. The number of carbonyl (C=O) groups excluding carboxylic acids is 1. The van der Waals surface area contributed by atoms with Crippen molar-refractivity contribution < 1.29 is 9.18 Å². The van der Waals surface area contributed by atoms with E-state index in [1.165, 1.54) is 23.8 Å². The van der Waals surface area contributed by atoms with Crippen LogP contribution in [0.5, 0.6) is 0 Å². The molecule has 3 rings (SSSR count). The number of halogens is 1. The highest BCUT2D eigenvalue weighted by Gasteiger charge is 2.44. The van der Waals surface area contributed by atoms with Crippen molar-refractivity contribution in [3.63, 3.8) is 0 Å². The van der Waals surface area contributed by atoms with Crippen LogP contribution in [0.2, 0.25) is 0 Å². The molecular weight excluding hydrogens is 267 g/mol. The third kappa shape index (κ3) is 2.61. The monoisotopic (exact) mass is 284 g/mol. The lowest BCUT2D eigenvalue weighted by Crippen LogP contribution is -2.32. The van der Waals surface area contributed by atoms with E-state index in [1.807, 2.05) is 18.2 Å². The van der Waals surface area contributed by atoms with E-state index in [1.54, 1.807) is 0 Å². The molecule has 0 aliphatic heterocycles. The first kappa shape index (κ1) is 13.6. The molecule has 2 aromatic carbocycles. The van der Waals surface area contributed by atoms with Gasteiger partial charge in [-0.15, -0.1) is 0 Å². The maximum atomic E-state index is 13.4. The highest BCUT2D eigenvalue weighted by atomic mass is 19.1.